The predicted molar refractivity (Wildman–Crippen MR) is 74.9 cm³/mol. The first-order valence-corrected chi connectivity index (χ1v) is 7.26. The summed E-state index contributed by atoms with van der Waals surface area (Å²) in [6.45, 7) is 0. The van der Waals surface area contributed by atoms with E-state index in [1.807, 2.05) is 0 Å². The molecule has 5 nitrogen and oxygen atoms in total. The first-order chi connectivity index (χ1) is 10.1. The predicted octanol–water partition coefficient (Wildman–Crippen LogP) is 2.32. The van der Waals surface area contributed by atoms with Crippen LogP contribution >= 0.6 is 0 Å². The second kappa shape index (κ2) is 5.31. The van der Waals surface area contributed by atoms with Gasteiger partial charge in [0.1, 0.15) is 0 Å². The van der Waals surface area contributed by atoms with Crippen LogP contribution in [0.1, 0.15) is 52.8 Å². The number of fused-ring (bicyclic) bond motifs is 1. The first-order valence-electron chi connectivity index (χ1n) is 7.26. The van der Waals surface area contributed by atoms with Gasteiger partial charge in [-0.05, 0) is 37.3 Å². The molecule has 1 N–H and O–H groups in total. The molecule has 1 aromatic carbocycles. The Morgan fingerprint density at radius 1 is 1.14 bits per heavy atom. The van der Waals surface area contributed by atoms with Crippen LogP contribution in [0.3, 0.4) is 0 Å². The van der Waals surface area contributed by atoms with Crippen LogP contribution in [0, 0.1) is 5.92 Å². The van der Waals surface area contributed by atoms with Crippen LogP contribution in [-0.4, -0.2) is 33.8 Å². The molecule has 2 atom stereocenters. The summed E-state index contributed by atoms with van der Waals surface area (Å²) in [5.41, 5.74) is 0.922. The Hall–Kier alpha value is -2.17. The third-order valence-electron chi connectivity index (χ3n) is 4.41. The molecule has 2 amide bonds. The van der Waals surface area contributed by atoms with Crippen molar-refractivity contribution in [2.45, 2.75) is 38.1 Å². The van der Waals surface area contributed by atoms with Crippen molar-refractivity contribution in [1.82, 2.24) is 4.90 Å². The average molecular weight is 287 g/mol. The minimum Gasteiger partial charge on any atom is -0.481 e. The van der Waals surface area contributed by atoms with Crippen molar-refractivity contribution in [2.24, 2.45) is 5.92 Å². The van der Waals surface area contributed by atoms with Gasteiger partial charge in [0.25, 0.3) is 11.8 Å². The molecule has 110 valence electrons. The lowest BCUT2D eigenvalue weighted by Gasteiger charge is -2.33. The van der Waals surface area contributed by atoms with Crippen LogP contribution in [0.5, 0.6) is 0 Å². The molecule has 3 rings (SSSR count). The highest BCUT2D eigenvalue weighted by molar-refractivity contribution is 6.21. The highest BCUT2D eigenvalue weighted by atomic mass is 16.4. The molecule has 1 aliphatic carbocycles. The SMILES string of the molecule is O=C(O)C[C@@H]1CCC[C@H](N2C(=O)c3ccccc3C2=O)C1. The first kappa shape index (κ1) is 13.8. The van der Waals surface area contributed by atoms with Gasteiger partial charge in [-0.15, -0.1) is 0 Å². The molecule has 1 heterocycles. The lowest BCUT2D eigenvalue weighted by molar-refractivity contribution is -0.138. The van der Waals surface area contributed by atoms with Crippen LogP contribution in [0.25, 0.3) is 0 Å². The van der Waals surface area contributed by atoms with E-state index >= 15 is 0 Å². The number of imide groups is 1. The molecule has 0 spiro atoms. The number of carbonyl (C=O) groups is 3. The molecular weight excluding hydrogens is 270 g/mol. The number of rotatable bonds is 3. The maximum Gasteiger partial charge on any atom is 0.303 e. The number of hydrogen-bond donors (Lipinski definition) is 1. The van der Waals surface area contributed by atoms with Gasteiger partial charge in [-0.3, -0.25) is 19.3 Å². The quantitative estimate of drug-likeness (QED) is 0.866. The van der Waals surface area contributed by atoms with Crippen LogP contribution in [-0.2, 0) is 4.79 Å². The minimum atomic E-state index is -0.817. The average Bonchev–Trinajstić information content (AvgIpc) is 2.71. The van der Waals surface area contributed by atoms with Gasteiger partial charge in [0, 0.05) is 12.5 Å². The number of carboxylic acids is 1. The topological polar surface area (TPSA) is 74.7 Å². The third kappa shape index (κ3) is 2.44. The maximum absolute atomic E-state index is 12.4. The normalized spacial score (nSPS) is 25.0. The van der Waals surface area contributed by atoms with Crippen molar-refractivity contribution in [2.75, 3.05) is 0 Å². The summed E-state index contributed by atoms with van der Waals surface area (Å²) in [5, 5.41) is 8.92. The molecule has 0 unspecified atom stereocenters. The zero-order chi connectivity index (χ0) is 15.0. The Bertz CT molecular complexity index is 575. The number of nitrogens with zero attached hydrogens (tertiary/aromatic N) is 1. The van der Waals surface area contributed by atoms with E-state index in [9.17, 15) is 14.4 Å². The van der Waals surface area contributed by atoms with Gasteiger partial charge in [-0.2, -0.15) is 0 Å². The fourth-order valence-electron chi connectivity index (χ4n) is 3.47. The summed E-state index contributed by atoms with van der Waals surface area (Å²) in [6, 6.07) is 6.68. The number of aliphatic carboxylic acids is 1. The lowest BCUT2D eigenvalue weighted by atomic mass is 9.83. The fraction of sp³-hybridized carbons (Fsp3) is 0.438. The summed E-state index contributed by atoms with van der Waals surface area (Å²) in [7, 11) is 0. The Balaban J connectivity index is 1.80. The van der Waals surface area contributed by atoms with Gasteiger partial charge < -0.3 is 5.11 Å². The van der Waals surface area contributed by atoms with Gasteiger partial charge in [-0.25, -0.2) is 0 Å². The fourth-order valence-corrected chi connectivity index (χ4v) is 3.47. The molecule has 0 radical (unpaired) electrons. The van der Waals surface area contributed by atoms with E-state index in [4.69, 9.17) is 5.11 Å². The summed E-state index contributed by atoms with van der Waals surface area (Å²) in [5.74, 6) is -1.25. The van der Waals surface area contributed by atoms with E-state index < -0.39 is 5.97 Å². The summed E-state index contributed by atoms with van der Waals surface area (Å²) in [6.07, 6.45) is 3.18. The van der Waals surface area contributed by atoms with Crippen molar-refractivity contribution >= 4 is 17.8 Å². The van der Waals surface area contributed by atoms with Crippen molar-refractivity contribution in [3.05, 3.63) is 35.4 Å². The Morgan fingerprint density at radius 3 is 2.33 bits per heavy atom. The second-order valence-corrected chi connectivity index (χ2v) is 5.81. The Morgan fingerprint density at radius 2 is 1.76 bits per heavy atom. The maximum atomic E-state index is 12.4. The molecule has 21 heavy (non-hydrogen) atoms. The van der Waals surface area contributed by atoms with E-state index in [1.165, 1.54) is 4.90 Å². The van der Waals surface area contributed by atoms with E-state index in [0.29, 0.717) is 17.5 Å². The standard InChI is InChI=1S/C16H17NO4/c18-14(19)9-10-4-3-5-11(8-10)17-15(20)12-6-1-2-7-13(12)16(17)21/h1-2,6-7,10-11H,3-5,8-9H2,(H,18,19)/t10-,11+/m1/s1. The highest BCUT2D eigenvalue weighted by Crippen LogP contribution is 2.34. The van der Waals surface area contributed by atoms with E-state index in [2.05, 4.69) is 0 Å². The Labute approximate surface area is 122 Å². The lowest BCUT2D eigenvalue weighted by Crippen LogP contribution is -2.42. The van der Waals surface area contributed by atoms with E-state index in [1.54, 1.807) is 24.3 Å². The summed E-state index contributed by atoms with van der Waals surface area (Å²) >= 11 is 0. The molecule has 1 saturated carbocycles. The van der Waals surface area contributed by atoms with Gasteiger partial charge in [0.2, 0.25) is 0 Å². The van der Waals surface area contributed by atoms with Crippen molar-refractivity contribution in [1.29, 1.82) is 0 Å². The zero-order valence-corrected chi connectivity index (χ0v) is 11.6. The third-order valence-corrected chi connectivity index (χ3v) is 4.41. The second-order valence-electron chi connectivity index (χ2n) is 5.81. The van der Waals surface area contributed by atoms with Gasteiger partial charge in [-0.1, -0.05) is 18.6 Å². The number of amides is 2. The smallest absolute Gasteiger partial charge is 0.303 e. The van der Waals surface area contributed by atoms with E-state index in [-0.39, 0.29) is 30.2 Å². The molecule has 5 heteroatoms. The number of benzene rings is 1. The van der Waals surface area contributed by atoms with Crippen LogP contribution in [0.15, 0.2) is 24.3 Å². The zero-order valence-electron chi connectivity index (χ0n) is 11.6. The molecule has 2 aliphatic rings. The van der Waals surface area contributed by atoms with Crippen molar-refractivity contribution < 1.29 is 19.5 Å². The van der Waals surface area contributed by atoms with Crippen LogP contribution in [0.2, 0.25) is 0 Å². The van der Waals surface area contributed by atoms with Crippen LogP contribution in [0.4, 0.5) is 0 Å². The van der Waals surface area contributed by atoms with Gasteiger partial charge >= 0.3 is 5.97 Å². The van der Waals surface area contributed by atoms with Crippen LogP contribution < -0.4 is 0 Å². The monoisotopic (exact) mass is 287 g/mol. The molecule has 1 aromatic rings. The van der Waals surface area contributed by atoms with Gasteiger partial charge in [0.05, 0.1) is 11.1 Å². The van der Waals surface area contributed by atoms with Crippen molar-refractivity contribution in [3.63, 3.8) is 0 Å². The molecule has 0 bridgehead atoms. The summed E-state index contributed by atoms with van der Waals surface area (Å²) < 4.78 is 0. The number of hydrogen-bond acceptors (Lipinski definition) is 3. The van der Waals surface area contributed by atoms with Crippen molar-refractivity contribution in [3.8, 4) is 0 Å². The molecule has 0 saturated heterocycles. The Kier molecular flexibility index (Phi) is 3.49. The summed E-state index contributed by atoms with van der Waals surface area (Å²) in [4.78, 5) is 37.0. The molecular formula is C16H17NO4. The minimum absolute atomic E-state index is 0.0468. The highest BCUT2D eigenvalue weighted by Gasteiger charge is 2.41. The molecule has 0 aromatic heterocycles. The van der Waals surface area contributed by atoms with Gasteiger partial charge in [0.15, 0.2) is 0 Å². The number of carbonyl (C=O) groups excluding carboxylic acids is 2. The molecule has 1 fully saturated rings. The number of carboxylic acid groups (broad SMARTS) is 1. The molecule has 1 aliphatic heterocycles. The van der Waals surface area contributed by atoms with E-state index in [0.717, 1.165) is 19.3 Å². The largest absolute Gasteiger partial charge is 0.481 e.